The molecule has 0 saturated heterocycles. The highest BCUT2D eigenvalue weighted by molar-refractivity contribution is 7.89. The number of amides is 1. The lowest BCUT2D eigenvalue weighted by Crippen LogP contribution is -2.31. The Kier molecular flexibility index (Phi) is 7.03. The molecule has 3 rings (SSSR count). The molecule has 0 radical (unpaired) electrons. The molecule has 0 bridgehead atoms. The second kappa shape index (κ2) is 9.69. The molecule has 0 spiro atoms. The predicted molar refractivity (Wildman–Crippen MR) is 120 cm³/mol. The molecule has 5 nitrogen and oxygen atoms in total. The molecule has 1 amide bonds. The minimum Gasteiger partial charge on any atom is -0.350 e. The van der Waals surface area contributed by atoms with Crippen LogP contribution in [0.25, 0.3) is 11.1 Å². The van der Waals surface area contributed by atoms with Gasteiger partial charge in [0.1, 0.15) is 0 Å². The molecule has 0 heterocycles. The number of hydrogen-bond acceptors (Lipinski definition) is 3. The number of hydrogen-bond donors (Lipinski definition) is 2. The fourth-order valence-electron chi connectivity index (χ4n) is 2.91. The summed E-state index contributed by atoms with van der Waals surface area (Å²) in [7, 11) is -3.59. The second-order valence-corrected chi connectivity index (χ2v) is 8.96. The van der Waals surface area contributed by atoms with Crippen molar-refractivity contribution in [2.24, 2.45) is 0 Å². The van der Waals surface area contributed by atoms with E-state index in [1.54, 1.807) is 36.4 Å². The van der Waals surface area contributed by atoms with Gasteiger partial charge in [-0.15, -0.1) is 0 Å². The van der Waals surface area contributed by atoms with Gasteiger partial charge in [-0.1, -0.05) is 61.5 Å². The standard InChI is InChI=1S/C24H26N2O3S/c1-3-18(2)26-24(27)22-11-9-20(10-12-22)21-13-15-23(16-14-21)30(28,29)25-17-19-7-5-4-6-8-19/h4-16,18,25H,3,17H2,1-2H3,(H,26,27)/t18-/m1/s1. The fraction of sp³-hybridized carbons (Fsp3) is 0.208. The van der Waals surface area contributed by atoms with E-state index in [0.717, 1.165) is 23.1 Å². The molecule has 1 atom stereocenters. The number of carbonyl (C=O) groups is 1. The number of rotatable bonds is 8. The summed E-state index contributed by atoms with van der Waals surface area (Å²) in [5.74, 6) is -0.0955. The average molecular weight is 423 g/mol. The maximum Gasteiger partial charge on any atom is 0.251 e. The molecule has 0 aliphatic rings. The van der Waals surface area contributed by atoms with Crippen LogP contribution in [0.1, 0.15) is 36.2 Å². The predicted octanol–water partition coefficient (Wildman–Crippen LogP) is 4.36. The summed E-state index contributed by atoms with van der Waals surface area (Å²) in [6.45, 7) is 4.23. The highest BCUT2D eigenvalue weighted by atomic mass is 32.2. The Morgan fingerprint density at radius 1 is 0.867 bits per heavy atom. The molecule has 3 aromatic rings. The summed E-state index contributed by atoms with van der Waals surface area (Å²) >= 11 is 0. The first-order chi connectivity index (χ1) is 14.4. The van der Waals surface area contributed by atoms with Gasteiger partial charge in [0, 0.05) is 18.2 Å². The maximum atomic E-state index is 12.5. The van der Waals surface area contributed by atoms with Gasteiger partial charge in [0.15, 0.2) is 0 Å². The molecule has 6 heteroatoms. The van der Waals surface area contributed by atoms with Gasteiger partial charge in [-0.2, -0.15) is 0 Å². The normalized spacial score (nSPS) is 12.3. The average Bonchev–Trinajstić information content (AvgIpc) is 2.78. The molecule has 3 aromatic carbocycles. The molecule has 156 valence electrons. The lowest BCUT2D eigenvalue weighted by Gasteiger charge is -2.12. The van der Waals surface area contributed by atoms with Crippen molar-refractivity contribution < 1.29 is 13.2 Å². The third kappa shape index (κ3) is 5.55. The van der Waals surface area contributed by atoms with Crippen molar-refractivity contribution in [2.75, 3.05) is 0 Å². The smallest absolute Gasteiger partial charge is 0.251 e. The first kappa shape index (κ1) is 21.7. The van der Waals surface area contributed by atoms with E-state index in [2.05, 4.69) is 10.0 Å². The van der Waals surface area contributed by atoms with Crippen LogP contribution in [0.4, 0.5) is 0 Å². The van der Waals surface area contributed by atoms with Crippen molar-refractivity contribution in [1.82, 2.24) is 10.0 Å². The van der Waals surface area contributed by atoms with Gasteiger partial charge in [0.05, 0.1) is 4.90 Å². The van der Waals surface area contributed by atoms with Crippen LogP contribution in [-0.4, -0.2) is 20.4 Å². The molecule has 0 saturated carbocycles. The van der Waals surface area contributed by atoms with Crippen LogP contribution in [-0.2, 0) is 16.6 Å². The van der Waals surface area contributed by atoms with E-state index < -0.39 is 10.0 Å². The zero-order chi connectivity index (χ0) is 21.6. The summed E-state index contributed by atoms with van der Waals surface area (Å²) in [5.41, 5.74) is 3.29. The van der Waals surface area contributed by atoms with Crippen molar-refractivity contribution in [3.05, 3.63) is 90.0 Å². The molecule has 0 aliphatic carbocycles. The molecular formula is C24H26N2O3S. The van der Waals surface area contributed by atoms with Gasteiger partial charge in [0.2, 0.25) is 10.0 Å². The van der Waals surface area contributed by atoms with Gasteiger partial charge in [-0.3, -0.25) is 4.79 Å². The second-order valence-electron chi connectivity index (χ2n) is 7.19. The van der Waals surface area contributed by atoms with E-state index in [9.17, 15) is 13.2 Å². The minimum absolute atomic E-state index is 0.0955. The van der Waals surface area contributed by atoms with Gasteiger partial charge in [-0.25, -0.2) is 13.1 Å². The summed E-state index contributed by atoms with van der Waals surface area (Å²) < 4.78 is 27.7. The maximum absolute atomic E-state index is 12.5. The highest BCUT2D eigenvalue weighted by Gasteiger charge is 2.14. The van der Waals surface area contributed by atoms with Crippen LogP contribution in [0.15, 0.2) is 83.8 Å². The third-order valence-electron chi connectivity index (χ3n) is 4.94. The number of benzene rings is 3. The van der Waals surface area contributed by atoms with Crippen LogP contribution in [0.5, 0.6) is 0 Å². The largest absolute Gasteiger partial charge is 0.350 e. The van der Waals surface area contributed by atoms with Gasteiger partial charge < -0.3 is 5.32 Å². The first-order valence-electron chi connectivity index (χ1n) is 9.94. The number of nitrogens with one attached hydrogen (secondary N) is 2. The molecule has 0 aromatic heterocycles. The van der Waals surface area contributed by atoms with Crippen molar-refractivity contribution in [1.29, 1.82) is 0 Å². The molecule has 0 unspecified atom stereocenters. The quantitative estimate of drug-likeness (QED) is 0.566. The SMILES string of the molecule is CC[C@@H](C)NC(=O)c1ccc(-c2ccc(S(=O)(=O)NCc3ccccc3)cc2)cc1. The minimum atomic E-state index is -3.59. The van der Waals surface area contributed by atoms with E-state index in [1.165, 1.54) is 0 Å². The van der Waals surface area contributed by atoms with Crippen LogP contribution in [0.3, 0.4) is 0 Å². The van der Waals surface area contributed by atoms with Crippen molar-refractivity contribution in [2.45, 2.75) is 37.8 Å². The summed E-state index contributed by atoms with van der Waals surface area (Å²) in [6.07, 6.45) is 0.874. The van der Waals surface area contributed by atoms with E-state index in [0.29, 0.717) is 5.56 Å². The zero-order valence-electron chi connectivity index (χ0n) is 17.1. The Morgan fingerprint density at radius 2 is 1.43 bits per heavy atom. The first-order valence-corrected chi connectivity index (χ1v) is 11.4. The Hall–Kier alpha value is -2.96. The van der Waals surface area contributed by atoms with Gasteiger partial charge in [0.25, 0.3) is 5.91 Å². The van der Waals surface area contributed by atoms with Gasteiger partial charge in [-0.05, 0) is 54.3 Å². The zero-order valence-corrected chi connectivity index (χ0v) is 17.9. The molecular weight excluding hydrogens is 396 g/mol. The summed E-state index contributed by atoms with van der Waals surface area (Å²) in [5, 5.41) is 2.94. The van der Waals surface area contributed by atoms with Crippen LogP contribution in [0, 0.1) is 0 Å². The van der Waals surface area contributed by atoms with E-state index >= 15 is 0 Å². The third-order valence-corrected chi connectivity index (χ3v) is 6.36. The molecule has 30 heavy (non-hydrogen) atoms. The Labute approximate surface area is 178 Å². The van der Waals surface area contributed by atoms with E-state index in [4.69, 9.17) is 0 Å². The topological polar surface area (TPSA) is 75.3 Å². The molecule has 0 fully saturated rings. The van der Waals surface area contributed by atoms with Crippen LogP contribution in [0.2, 0.25) is 0 Å². The summed E-state index contributed by atoms with van der Waals surface area (Å²) in [6, 6.07) is 23.5. The Bertz CT molecular complexity index is 1080. The number of carbonyl (C=O) groups excluding carboxylic acids is 1. The van der Waals surface area contributed by atoms with Crippen LogP contribution >= 0.6 is 0 Å². The van der Waals surface area contributed by atoms with E-state index in [1.807, 2.05) is 56.3 Å². The van der Waals surface area contributed by atoms with Crippen LogP contribution < -0.4 is 10.0 Å². The molecule has 2 N–H and O–H groups in total. The fourth-order valence-corrected chi connectivity index (χ4v) is 3.93. The Balaban J connectivity index is 1.68. The van der Waals surface area contributed by atoms with E-state index in [-0.39, 0.29) is 23.4 Å². The monoisotopic (exact) mass is 422 g/mol. The summed E-state index contributed by atoms with van der Waals surface area (Å²) in [4.78, 5) is 12.4. The lowest BCUT2D eigenvalue weighted by atomic mass is 10.0. The highest BCUT2D eigenvalue weighted by Crippen LogP contribution is 2.22. The van der Waals surface area contributed by atoms with Gasteiger partial charge >= 0.3 is 0 Å². The lowest BCUT2D eigenvalue weighted by molar-refractivity contribution is 0.0939. The van der Waals surface area contributed by atoms with Crippen molar-refractivity contribution >= 4 is 15.9 Å². The van der Waals surface area contributed by atoms with Crippen molar-refractivity contribution in [3.63, 3.8) is 0 Å². The van der Waals surface area contributed by atoms with Crippen molar-refractivity contribution in [3.8, 4) is 11.1 Å². The Morgan fingerprint density at radius 3 is 2.00 bits per heavy atom. The molecule has 0 aliphatic heterocycles. The number of sulfonamides is 1.